The summed E-state index contributed by atoms with van der Waals surface area (Å²) in [6.45, 7) is 0. The van der Waals surface area contributed by atoms with E-state index < -0.39 is 0 Å². The molecule has 0 bridgehead atoms. The molecular weight excluding hydrogens is 126 g/mol. The molecule has 0 aliphatic heterocycles. The minimum atomic E-state index is 0.295. The third-order valence-electron chi connectivity index (χ3n) is 1.30. The van der Waals surface area contributed by atoms with Crippen molar-refractivity contribution < 1.29 is 5.11 Å². The molecule has 0 aliphatic carbocycles. The number of anilines is 1. The Hall–Kier alpha value is -1.18. The highest BCUT2D eigenvalue weighted by Crippen LogP contribution is 2.23. The van der Waals surface area contributed by atoms with Crippen LogP contribution in [0.3, 0.4) is 0 Å². The molecule has 0 amide bonds. The van der Waals surface area contributed by atoms with Gasteiger partial charge in [-0.2, -0.15) is 0 Å². The van der Waals surface area contributed by atoms with Crippen LogP contribution in [0.5, 0.6) is 5.75 Å². The Kier molecular flexibility index (Phi) is 1.81. The lowest BCUT2D eigenvalue weighted by atomic mass is 10.3. The number of phenolic OH excluding ortho intramolecular Hbond substituents is 1. The van der Waals surface area contributed by atoms with Crippen LogP contribution < -0.4 is 4.90 Å². The summed E-state index contributed by atoms with van der Waals surface area (Å²) < 4.78 is 0. The summed E-state index contributed by atoms with van der Waals surface area (Å²) in [4.78, 5) is 1.84. The summed E-state index contributed by atoms with van der Waals surface area (Å²) in [6, 6.07) is 7.93. The fourth-order valence-corrected chi connectivity index (χ4v) is 0.772. The first kappa shape index (κ1) is 6.93. The molecule has 53 valence electrons. The van der Waals surface area contributed by atoms with Crippen molar-refractivity contribution in [2.24, 2.45) is 0 Å². The number of aromatic hydroxyl groups is 1. The molecule has 1 rings (SSSR count). The smallest absolute Gasteiger partial charge is 0.138 e. The lowest BCUT2D eigenvalue weighted by Gasteiger charge is -2.12. The van der Waals surface area contributed by atoms with Crippen molar-refractivity contribution in [2.45, 2.75) is 0 Å². The maximum absolute atomic E-state index is 9.22. The zero-order valence-corrected chi connectivity index (χ0v) is 6.13. The summed E-state index contributed by atoms with van der Waals surface area (Å²) in [5.74, 6) is 0.295. The van der Waals surface area contributed by atoms with Gasteiger partial charge in [-0.1, -0.05) is 6.07 Å². The Labute approximate surface area is 60.7 Å². The summed E-state index contributed by atoms with van der Waals surface area (Å²) >= 11 is 0. The highest BCUT2D eigenvalue weighted by molar-refractivity contribution is 5.55. The molecule has 0 saturated carbocycles. The zero-order valence-electron chi connectivity index (χ0n) is 6.13. The first-order chi connectivity index (χ1) is 4.72. The van der Waals surface area contributed by atoms with Gasteiger partial charge in [-0.05, 0) is 18.2 Å². The molecule has 2 nitrogen and oxygen atoms in total. The van der Waals surface area contributed by atoms with Gasteiger partial charge < -0.3 is 10.0 Å². The molecule has 0 aliphatic rings. The van der Waals surface area contributed by atoms with Gasteiger partial charge in [0.2, 0.25) is 0 Å². The Balaban J connectivity index is 3.03. The first-order valence-electron chi connectivity index (χ1n) is 3.08. The normalized spacial score (nSPS) is 9.40. The first-order valence-corrected chi connectivity index (χ1v) is 3.08. The van der Waals surface area contributed by atoms with Crippen LogP contribution in [0.4, 0.5) is 5.69 Å². The van der Waals surface area contributed by atoms with Crippen molar-refractivity contribution in [3.05, 3.63) is 24.3 Å². The van der Waals surface area contributed by atoms with Gasteiger partial charge in [0, 0.05) is 14.1 Å². The summed E-state index contributed by atoms with van der Waals surface area (Å²) in [5, 5.41) is 9.22. The van der Waals surface area contributed by atoms with Crippen LogP contribution in [0.2, 0.25) is 0 Å². The lowest BCUT2D eigenvalue weighted by Crippen LogP contribution is -2.08. The van der Waals surface area contributed by atoms with Crippen molar-refractivity contribution in [1.82, 2.24) is 0 Å². The van der Waals surface area contributed by atoms with E-state index in [1.165, 1.54) is 0 Å². The molecular formula is C8H10NO. The molecule has 1 aromatic carbocycles. The van der Waals surface area contributed by atoms with Gasteiger partial charge in [0.15, 0.2) is 0 Å². The van der Waals surface area contributed by atoms with Crippen molar-refractivity contribution in [3.8, 4) is 5.75 Å². The van der Waals surface area contributed by atoms with Crippen molar-refractivity contribution in [3.63, 3.8) is 0 Å². The summed E-state index contributed by atoms with van der Waals surface area (Å²) in [6.07, 6.45) is 0. The molecule has 1 radical (unpaired) electrons. The van der Waals surface area contributed by atoms with E-state index in [0.717, 1.165) is 5.69 Å². The Morgan fingerprint density at radius 2 is 2.20 bits per heavy atom. The van der Waals surface area contributed by atoms with Crippen LogP contribution in [0.25, 0.3) is 0 Å². The van der Waals surface area contributed by atoms with E-state index in [1.807, 2.05) is 19.0 Å². The van der Waals surface area contributed by atoms with Crippen LogP contribution >= 0.6 is 0 Å². The largest absolute Gasteiger partial charge is 0.506 e. The van der Waals surface area contributed by atoms with Crippen LogP contribution in [0, 0.1) is 6.07 Å². The maximum atomic E-state index is 9.22. The molecule has 0 atom stereocenters. The highest BCUT2D eigenvalue weighted by atomic mass is 16.3. The topological polar surface area (TPSA) is 23.5 Å². The Morgan fingerprint density at radius 1 is 1.50 bits per heavy atom. The molecule has 0 aromatic heterocycles. The third-order valence-corrected chi connectivity index (χ3v) is 1.30. The van der Waals surface area contributed by atoms with Crippen LogP contribution in [-0.2, 0) is 0 Å². The Bertz CT molecular complexity index is 220. The van der Waals surface area contributed by atoms with E-state index >= 15 is 0 Å². The van der Waals surface area contributed by atoms with E-state index in [4.69, 9.17) is 0 Å². The van der Waals surface area contributed by atoms with Gasteiger partial charge in [-0.3, -0.25) is 0 Å². The fraction of sp³-hybridized carbons (Fsp3) is 0.250. The standard InChI is InChI=1S/C8H10NO/c1-9(2)7-5-3-4-6-8(7)10/h4-6,10H,1-2H3. The average molecular weight is 136 g/mol. The zero-order chi connectivity index (χ0) is 7.56. The average Bonchev–Trinajstić information content (AvgIpc) is 1.88. The van der Waals surface area contributed by atoms with Gasteiger partial charge in [0.25, 0.3) is 0 Å². The van der Waals surface area contributed by atoms with Gasteiger partial charge in [-0.25, -0.2) is 0 Å². The molecule has 0 spiro atoms. The Morgan fingerprint density at radius 3 is 2.60 bits per heavy atom. The van der Waals surface area contributed by atoms with Gasteiger partial charge >= 0.3 is 0 Å². The van der Waals surface area contributed by atoms with E-state index in [9.17, 15) is 5.11 Å². The van der Waals surface area contributed by atoms with Crippen LogP contribution in [0.1, 0.15) is 0 Å². The van der Waals surface area contributed by atoms with E-state index in [0.29, 0.717) is 5.75 Å². The number of nitrogens with zero attached hydrogens (tertiary/aromatic N) is 1. The number of hydrogen-bond donors (Lipinski definition) is 1. The van der Waals surface area contributed by atoms with E-state index in [-0.39, 0.29) is 0 Å². The summed E-state index contributed by atoms with van der Waals surface area (Å²) in [7, 11) is 3.76. The molecule has 1 aromatic rings. The molecule has 10 heavy (non-hydrogen) atoms. The van der Waals surface area contributed by atoms with Gasteiger partial charge in [0.05, 0.1) is 5.69 Å². The second-order valence-electron chi connectivity index (χ2n) is 2.31. The van der Waals surface area contributed by atoms with E-state index in [2.05, 4.69) is 6.07 Å². The number of benzene rings is 1. The number of hydrogen-bond acceptors (Lipinski definition) is 2. The SMILES string of the molecule is CN(C)c1c[c]ccc1O. The molecule has 2 heteroatoms. The highest BCUT2D eigenvalue weighted by Gasteiger charge is 1.98. The van der Waals surface area contributed by atoms with Crippen molar-refractivity contribution in [1.29, 1.82) is 0 Å². The fourth-order valence-electron chi connectivity index (χ4n) is 0.772. The summed E-state index contributed by atoms with van der Waals surface area (Å²) in [5.41, 5.74) is 0.794. The van der Waals surface area contributed by atoms with Crippen LogP contribution in [-0.4, -0.2) is 19.2 Å². The third kappa shape index (κ3) is 1.21. The molecule has 0 fully saturated rings. The second kappa shape index (κ2) is 2.60. The predicted octanol–water partition coefficient (Wildman–Crippen LogP) is 1.26. The minimum Gasteiger partial charge on any atom is -0.506 e. The molecule has 1 N–H and O–H groups in total. The molecule has 0 heterocycles. The molecule has 0 unspecified atom stereocenters. The minimum absolute atomic E-state index is 0.295. The van der Waals surface area contributed by atoms with Crippen molar-refractivity contribution >= 4 is 5.69 Å². The van der Waals surface area contributed by atoms with Gasteiger partial charge in [-0.15, -0.1) is 0 Å². The van der Waals surface area contributed by atoms with Crippen LogP contribution in [0.15, 0.2) is 18.2 Å². The maximum Gasteiger partial charge on any atom is 0.138 e. The lowest BCUT2D eigenvalue weighted by molar-refractivity contribution is 0.475. The van der Waals surface area contributed by atoms with E-state index in [1.54, 1.807) is 18.2 Å². The molecule has 0 saturated heterocycles. The van der Waals surface area contributed by atoms with Gasteiger partial charge in [0.1, 0.15) is 5.75 Å². The quantitative estimate of drug-likeness (QED) is 0.628. The number of phenols is 1. The predicted molar refractivity (Wildman–Crippen MR) is 41.3 cm³/mol. The number of rotatable bonds is 1. The second-order valence-corrected chi connectivity index (χ2v) is 2.31. The monoisotopic (exact) mass is 136 g/mol. The van der Waals surface area contributed by atoms with Crippen molar-refractivity contribution in [2.75, 3.05) is 19.0 Å².